The number of carboxylic acid groups (broad SMARTS) is 1. The molecule has 1 rings (SSSR count). The highest BCUT2D eigenvalue weighted by atomic mass is 16.4. The quantitative estimate of drug-likeness (QED) is 0.678. The van der Waals surface area contributed by atoms with Crippen LogP contribution in [0.2, 0.25) is 0 Å². The fourth-order valence-electron chi connectivity index (χ4n) is 1.06. The third-order valence-electron chi connectivity index (χ3n) is 2.30. The lowest BCUT2D eigenvalue weighted by atomic mass is 10.3. The maximum atomic E-state index is 10.4. The van der Waals surface area contributed by atoms with Crippen LogP contribution in [0.1, 0.15) is 30.2 Å². The van der Waals surface area contributed by atoms with Crippen LogP contribution in [-0.2, 0) is 6.54 Å². The summed E-state index contributed by atoms with van der Waals surface area (Å²) in [5.41, 5.74) is 0. The predicted octanol–water partition coefficient (Wildman–Crippen LogP) is -0.934. The molecule has 0 fully saturated rings. The van der Waals surface area contributed by atoms with Crippen molar-refractivity contribution in [3.05, 3.63) is 23.7 Å². The second-order valence-corrected chi connectivity index (χ2v) is 3.73. The van der Waals surface area contributed by atoms with Crippen molar-refractivity contribution in [2.75, 3.05) is 7.05 Å². The molecule has 0 aliphatic rings. The zero-order valence-corrected chi connectivity index (χ0v) is 8.66. The van der Waals surface area contributed by atoms with E-state index in [4.69, 9.17) is 4.42 Å². The molecule has 4 nitrogen and oxygen atoms in total. The Morgan fingerprint density at radius 3 is 2.64 bits per heavy atom. The molecule has 14 heavy (non-hydrogen) atoms. The molecule has 78 valence electrons. The second kappa shape index (κ2) is 4.28. The van der Waals surface area contributed by atoms with Gasteiger partial charge in [-0.3, -0.25) is 0 Å². The molecule has 0 spiro atoms. The monoisotopic (exact) mass is 197 g/mol. The van der Waals surface area contributed by atoms with Crippen LogP contribution in [0, 0.1) is 0 Å². The van der Waals surface area contributed by atoms with Gasteiger partial charge in [-0.15, -0.1) is 0 Å². The van der Waals surface area contributed by atoms with E-state index in [1.807, 2.05) is 7.05 Å². The average Bonchev–Trinajstić information content (AvgIpc) is 2.52. The van der Waals surface area contributed by atoms with Crippen LogP contribution < -0.4 is 10.0 Å². The summed E-state index contributed by atoms with van der Waals surface area (Å²) in [5, 5.41) is 10.4. The van der Waals surface area contributed by atoms with E-state index in [1.165, 1.54) is 11.0 Å². The molecule has 1 aromatic heterocycles. The zero-order chi connectivity index (χ0) is 10.7. The minimum absolute atomic E-state index is 0.100. The lowest BCUT2D eigenvalue weighted by molar-refractivity contribution is -0.916. The fourth-order valence-corrected chi connectivity index (χ4v) is 1.06. The van der Waals surface area contributed by atoms with E-state index in [0.29, 0.717) is 18.3 Å². The normalized spacial score (nSPS) is 13.1. The van der Waals surface area contributed by atoms with Crippen LogP contribution in [0.5, 0.6) is 0 Å². The van der Waals surface area contributed by atoms with Gasteiger partial charge in [-0.25, -0.2) is 0 Å². The smallest absolute Gasteiger partial charge is 0.159 e. The van der Waals surface area contributed by atoms with E-state index < -0.39 is 5.97 Å². The van der Waals surface area contributed by atoms with Crippen LogP contribution in [-0.4, -0.2) is 19.1 Å². The van der Waals surface area contributed by atoms with Crippen molar-refractivity contribution in [1.29, 1.82) is 0 Å². The number of carbonyl (C=O) groups excluding carboxylic acids is 1. The van der Waals surface area contributed by atoms with Gasteiger partial charge in [-0.05, 0) is 26.0 Å². The van der Waals surface area contributed by atoms with Gasteiger partial charge in [0.1, 0.15) is 18.3 Å². The molecule has 1 atom stereocenters. The van der Waals surface area contributed by atoms with Gasteiger partial charge in [0, 0.05) is 0 Å². The first-order valence-electron chi connectivity index (χ1n) is 4.63. The Hall–Kier alpha value is -1.29. The molecule has 1 N–H and O–H groups in total. The van der Waals surface area contributed by atoms with Gasteiger partial charge >= 0.3 is 0 Å². The van der Waals surface area contributed by atoms with Crippen LogP contribution in [0.4, 0.5) is 0 Å². The Balaban J connectivity index is 2.64. The molecule has 1 aromatic rings. The molecule has 0 radical (unpaired) electrons. The Kier molecular flexibility index (Phi) is 3.30. The molecular weight excluding hydrogens is 182 g/mol. The van der Waals surface area contributed by atoms with Crippen molar-refractivity contribution in [3.8, 4) is 0 Å². The van der Waals surface area contributed by atoms with Crippen LogP contribution in [0.15, 0.2) is 16.5 Å². The summed E-state index contributed by atoms with van der Waals surface area (Å²) in [6, 6.07) is 3.58. The molecule has 0 bridgehead atoms. The lowest BCUT2D eigenvalue weighted by Crippen LogP contribution is -3.10. The van der Waals surface area contributed by atoms with Gasteiger partial charge in [0.05, 0.1) is 13.1 Å². The molecule has 0 aliphatic heterocycles. The molecule has 0 amide bonds. The maximum absolute atomic E-state index is 10.4. The van der Waals surface area contributed by atoms with Crippen molar-refractivity contribution in [2.45, 2.75) is 26.4 Å². The maximum Gasteiger partial charge on any atom is 0.159 e. The molecule has 0 saturated heterocycles. The summed E-state index contributed by atoms with van der Waals surface area (Å²) in [5.74, 6) is -0.689. The number of carbonyl (C=O) groups is 1. The number of aromatic carboxylic acids is 1. The summed E-state index contributed by atoms with van der Waals surface area (Å²) in [4.78, 5) is 11.7. The van der Waals surface area contributed by atoms with Gasteiger partial charge in [-0.2, -0.15) is 0 Å². The molecule has 1 heterocycles. The van der Waals surface area contributed by atoms with Gasteiger partial charge in [0.15, 0.2) is 5.76 Å². The third kappa shape index (κ3) is 2.60. The highest BCUT2D eigenvalue weighted by molar-refractivity contribution is 5.82. The Morgan fingerprint density at radius 1 is 1.57 bits per heavy atom. The number of hydrogen-bond donors (Lipinski definition) is 1. The molecule has 0 aromatic carbocycles. The minimum atomic E-state index is -1.27. The van der Waals surface area contributed by atoms with E-state index in [2.05, 4.69) is 13.8 Å². The molecular formula is C10H15NO3. The molecule has 0 aliphatic carbocycles. The minimum Gasteiger partial charge on any atom is -0.542 e. The third-order valence-corrected chi connectivity index (χ3v) is 2.30. The first kappa shape index (κ1) is 10.8. The Bertz CT molecular complexity index is 317. The Morgan fingerprint density at radius 2 is 2.21 bits per heavy atom. The van der Waals surface area contributed by atoms with Crippen LogP contribution >= 0.6 is 0 Å². The number of carboxylic acids is 1. The van der Waals surface area contributed by atoms with Crippen molar-refractivity contribution < 1.29 is 19.2 Å². The summed E-state index contributed by atoms with van der Waals surface area (Å²) in [6.45, 7) is 4.88. The summed E-state index contributed by atoms with van der Waals surface area (Å²) >= 11 is 0. The predicted molar refractivity (Wildman–Crippen MR) is 48.8 cm³/mol. The fraction of sp³-hybridized carbons (Fsp3) is 0.500. The standard InChI is InChI=1S/C10H15NO3/c1-7(2)11(3)6-8-4-5-9(14-8)10(12)13/h4-5,7H,6H2,1-3H3,(H,12,13). The van der Waals surface area contributed by atoms with Crippen molar-refractivity contribution in [3.63, 3.8) is 0 Å². The summed E-state index contributed by atoms with van der Waals surface area (Å²) in [6.07, 6.45) is 0. The van der Waals surface area contributed by atoms with Crippen molar-refractivity contribution in [1.82, 2.24) is 0 Å². The first-order chi connectivity index (χ1) is 6.50. The number of nitrogens with one attached hydrogen (secondary N) is 1. The lowest BCUT2D eigenvalue weighted by Gasteiger charge is -2.16. The highest BCUT2D eigenvalue weighted by Gasteiger charge is 2.11. The number of quaternary nitrogens is 1. The zero-order valence-electron chi connectivity index (χ0n) is 8.66. The summed E-state index contributed by atoms with van der Waals surface area (Å²) in [7, 11) is 2.03. The van der Waals surface area contributed by atoms with E-state index in [9.17, 15) is 9.90 Å². The molecule has 0 saturated carbocycles. The topological polar surface area (TPSA) is 57.7 Å². The first-order valence-corrected chi connectivity index (χ1v) is 4.63. The van der Waals surface area contributed by atoms with Crippen LogP contribution in [0.25, 0.3) is 0 Å². The van der Waals surface area contributed by atoms with Gasteiger partial charge in [-0.1, -0.05) is 0 Å². The number of rotatable bonds is 4. The van der Waals surface area contributed by atoms with Crippen LogP contribution in [0.3, 0.4) is 0 Å². The summed E-state index contributed by atoms with van der Waals surface area (Å²) < 4.78 is 5.08. The number of hydrogen-bond acceptors (Lipinski definition) is 3. The van der Waals surface area contributed by atoms with E-state index in [1.54, 1.807) is 6.07 Å². The van der Waals surface area contributed by atoms with E-state index in [-0.39, 0.29) is 5.76 Å². The van der Waals surface area contributed by atoms with Gasteiger partial charge < -0.3 is 19.2 Å². The molecule has 4 heteroatoms. The van der Waals surface area contributed by atoms with Crippen molar-refractivity contribution in [2.24, 2.45) is 0 Å². The van der Waals surface area contributed by atoms with E-state index >= 15 is 0 Å². The Labute approximate surface area is 83.1 Å². The van der Waals surface area contributed by atoms with Gasteiger partial charge in [0.25, 0.3) is 0 Å². The molecule has 1 unspecified atom stereocenters. The van der Waals surface area contributed by atoms with Gasteiger partial charge in [0.2, 0.25) is 0 Å². The van der Waals surface area contributed by atoms with E-state index in [0.717, 1.165) is 0 Å². The largest absolute Gasteiger partial charge is 0.542 e. The highest BCUT2D eigenvalue weighted by Crippen LogP contribution is 2.05. The number of furan rings is 1. The SMILES string of the molecule is CC(C)[NH+](C)Cc1ccc(C(=O)[O-])o1. The van der Waals surface area contributed by atoms with Crippen molar-refractivity contribution >= 4 is 5.97 Å². The second-order valence-electron chi connectivity index (χ2n) is 3.73. The average molecular weight is 197 g/mol.